The van der Waals surface area contributed by atoms with Crippen LogP contribution in [0, 0.1) is 12.3 Å². The molecule has 0 radical (unpaired) electrons. The maximum atomic E-state index is 12.0. The molecule has 0 N–H and O–H groups in total. The monoisotopic (exact) mass is 236 g/mol. The van der Waals surface area contributed by atoms with Crippen LogP contribution in [-0.2, 0) is 11.2 Å². The van der Waals surface area contributed by atoms with E-state index in [1.54, 1.807) is 0 Å². The lowest BCUT2D eigenvalue weighted by Gasteiger charge is -2.17. The van der Waals surface area contributed by atoms with Gasteiger partial charge in [-0.3, -0.25) is 4.79 Å². The number of hydrogen-bond acceptors (Lipinski definition) is 4. The largest absolute Gasteiger partial charge is 0.478 e. The molecule has 4 nitrogen and oxygen atoms in total. The van der Waals surface area contributed by atoms with Crippen LogP contribution in [0.2, 0.25) is 0 Å². The minimum absolute atomic E-state index is 0.168. The molecule has 0 fully saturated rings. The molecule has 0 saturated heterocycles. The number of ketones is 1. The average Bonchev–Trinajstić information content (AvgIpc) is 2.22. The second-order valence-corrected chi connectivity index (χ2v) is 5.03. The normalized spacial score (nSPS) is 11.4. The molecule has 0 aliphatic carbocycles. The van der Waals surface area contributed by atoms with Gasteiger partial charge in [-0.05, 0) is 13.8 Å². The second kappa shape index (κ2) is 5.25. The van der Waals surface area contributed by atoms with Crippen LogP contribution in [0.1, 0.15) is 39.0 Å². The summed E-state index contributed by atoms with van der Waals surface area (Å²) in [6.45, 7) is 10.1. The Morgan fingerprint density at radius 2 is 2.00 bits per heavy atom. The molecular weight excluding hydrogens is 216 g/mol. The van der Waals surface area contributed by atoms with Crippen molar-refractivity contribution in [3.05, 3.63) is 17.6 Å². The molecule has 0 aliphatic heterocycles. The van der Waals surface area contributed by atoms with Gasteiger partial charge in [-0.25, -0.2) is 9.97 Å². The first-order valence-corrected chi connectivity index (χ1v) is 5.82. The molecule has 0 atom stereocenters. The van der Waals surface area contributed by atoms with E-state index in [0.29, 0.717) is 18.9 Å². The Balaban J connectivity index is 2.92. The van der Waals surface area contributed by atoms with Gasteiger partial charge in [0.2, 0.25) is 5.88 Å². The second-order valence-electron chi connectivity index (χ2n) is 5.03. The maximum absolute atomic E-state index is 12.0. The van der Waals surface area contributed by atoms with Gasteiger partial charge in [-0.15, -0.1) is 0 Å². The summed E-state index contributed by atoms with van der Waals surface area (Å²) in [6, 6.07) is 0. The third-order valence-corrected chi connectivity index (χ3v) is 2.59. The lowest BCUT2D eigenvalue weighted by molar-refractivity contribution is -0.125. The highest BCUT2D eigenvalue weighted by molar-refractivity contribution is 5.85. The van der Waals surface area contributed by atoms with Crippen molar-refractivity contribution in [3.63, 3.8) is 0 Å². The number of nitrogens with zero attached hydrogens (tertiary/aromatic N) is 2. The topological polar surface area (TPSA) is 52.1 Å². The van der Waals surface area contributed by atoms with Gasteiger partial charge in [0, 0.05) is 17.4 Å². The van der Waals surface area contributed by atoms with Gasteiger partial charge < -0.3 is 4.74 Å². The van der Waals surface area contributed by atoms with Crippen molar-refractivity contribution < 1.29 is 9.53 Å². The van der Waals surface area contributed by atoms with Crippen molar-refractivity contribution >= 4 is 5.78 Å². The highest BCUT2D eigenvalue weighted by atomic mass is 16.5. The summed E-state index contributed by atoms with van der Waals surface area (Å²) in [5.74, 6) is 0.737. The van der Waals surface area contributed by atoms with E-state index < -0.39 is 0 Å². The van der Waals surface area contributed by atoms with Crippen LogP contribution in [0.25, 0.3) is 0 Å². The minimum atomic E-state index is -0.344. The fraction of sp³-hybridized carbons (Fsp3) is 0.615. The van der Waals surface area contributed by atoms with Crippen LogP contribution in [0.5, 0.6) is 5.88 Å². The van der Waals surface area contributed by atoms with E-state index in [4.69, 9.17) is 4.74 Å². The van der Waals surface area contributed by atoms with Gasteiger partial charge in [0.25, 0.3) is 0 Å². The number of hydrogen-bond donors (Lipinski definition) is 0. The van der Waals surface area contributed by atoms with E-state index in [1.165, 1.54) is 6.33 Å². The molecule has 1 aromatic rings. The van der Waals surface area contributed by atoms with Crippen molar-refractivity contribution in [2.45, 2.75) is 41.0 Å². The first kappa shape index (κ1) is 13.6. The molecule has 0 spiro atoms. The molecule has 0 unspecified atom stereocenters. The fourth-order valence-electron chi connectivity index (χ4n) is 1.35. The lowest BCUT2D eigenvalue weighted by atomic mass is 9.87. The van der Waals surface area contributed by atoms with Gasteiger partial charge in [-0.1, -0.05) is 20.8 Å². The van der Waals surface area contributed by atoms with E-state index in [9.17, 15) is 4.79 Å². The third-order valence-electron chi connectivity index (χ3n) is 2.59. The zero-order valence-electron chi connectivity index (χ0n) is 11.2. The Morgan fingerprint density at radius 1 is 1.35 bits per heavy atom. The van der Waals surface area contributed by atoms with Gasteiger partial charge in [-0.2, -0.15) is 0 Å². The zero-order chi connectivity index (χ0) is 13.1. The first-order valence-electron chi connectivity index (χ1n) is 5.82. The van der Waals surface area contributed by atoms with Crippen LogP contribution in [0.4, 0.5) is 0 Å². The molecular formula is C13H20N2O2. The molecule has 0 bridgehead atoms. The lowest BCUT2D eigenvalue weighted by Crippen LogP contribution is -2.23. The number of carbonyl (C=O) groups excluding carboxylic acids is 1. The highest BCUT2D eigenvalue weighted by Crippen LogP contribution is 2.21. The summed E-state index contributed by atoms with van der Waals surface area (Å²) in [4.78, 5) is 20.2. The van der Waals surface area contributed by atoms with E-state index in [2.05, 4.69) is 9.97 Å². The summed E-state index contributed by atoms with van der Waals surface area (Å²) in [5.41, 5.74) is 1.26. The Hall–Kier alpha value is -1.45. The van der Waals surface area contributed by atoms with Crippen LogP contribution >= 0.6 is 0 Å². The van der Waals surface area contributed by atoms with Crippen LogP contribution in [0.3, 0.4) is 0 Å². The van der Waals surface area contributed by atoms with Crippen LogP contribution < -0.4 is 4.74 Å². The number of rotatable bonds is 4. The predicted molar refractivity (Wildman–Crippen MR) is 66.1 cm³/mol. The van der Waals surface area contributed by atoms with Crippen LogP contribution in [-0.4, -0.2) is 22.4 Å². The van der Waals surface area contributed by atoms with Gasteiger partial charge in [0.1, 0.15) is 12.1 Å². The Bertz CT molecular complexity index is 408. The molecule has 1 rings (SSSR count). The van der Waals surface area contributed by atoms with Gasteiger partial charge in [0.05, 0.1) is 12.3 Å². The van der Waals surface area contributed by atoms with Crippen molar-refractivity contribution in [1.29, 1.82) is 0 Å². The van der Waals surface area contributed by atoms with Gasteiger partial charge >= 0.3 is 0 Å². The standard InChI is InChI=1S/C13H20N2O2/c1-6-17-12-9(2)10(14-8-15-12)7-11(16)13(3,4)5/h8H,6-7H2,1-5H3. The Morgan fingerprint density at radius 3 is 2.53 bits per heavy atom. The van der Waals surface area contributed by atoms with E-state index >= 15 is 0 Å². The van der Waals surface area contributed by atoms with Crippen molar-refractivity contribution in [3.8, 4) is 5.88 Å². The number of carbonyl (C=O) groups is 1. The van der Waals surface area contributed by atoms with Crippen molar-refractivity contribution in [2.75, 3.05) is 6.61 Å². The quantitative estimate of drug-likeness (QED) is 0.805. The summed E-state index contributed by atoms with van der Waals surface area (Å²) >= 11 is 0. The smallest absolute Gasteiger partial charge is 0.219 e. The molecule has 1 heterocycles. The molecule has 0 amide bonds. The summed E-state index contributed by atoms with van der Waals surface area (Å²) in [5, 5.41) is 0. The SMILES string of the molecule is CCOc1ncnc(CC(=O)C(C)(C)C)c1C. The highest BCUT2D eigenvalue weighted by Gasteiger charge is 2.23. The Labute approximate surface area is 102 Å². The third kappa shape index (κ3) is 3.51. The first-order chi connectivity index (χ1) is 7.86. The molecule has 1 aromatic heterocycles. The fourth-order valence-corrected chi connectivity index (χ4v) is 1.35. The average molecular weight is 236 g/mol. The molecule has 0 saturated carbocycles. The van der Waals surface area contributed by atoms with E-state index in [-0.39, 0.29) is 11.2 Å². The molecule has 94 valence electrons. The van der Waals surface area contributed by atoms with Crippen molar-refractivity contribution in [1.82, 2.24) is 9.97 Å². The molecule has 0 aromatic carbocycles. The maximum Gasteiger partial charge on any atom is 0.219 e. The van der Waals surface area contributed by atoms with E-state index in [1.807, 2.05) is 34.6 Å². The van der Waals surface area contributed by atoms with Gasteiger partial charge in [0.15, 0.2) is 0 Å². The Kier molecular flexibility index (Phi) is 4.21. The number of Topliss-reactive ketones (excluding diaryl/α,β-unsaturated/α-hetero) is 1. The zero-order valence-corrected chi connectivity index (χ0v) is 11.2. The van der Waals surface area contributed by atoms with Crippen LogP contribution in [0.15, 0.2) is 6.33 Å². The molecule has 4 heteroatoms. The minimum Gasteiger partial charge on any atom is -0.478 e. The summed E-state index contributed by atoms with van der Waals surface area (Å²) in [6.07, 6.45) is 1.78. The molecule has 17 heavy (non-hydrogen) atoms. The van der Waals surface area contributed by atoms with Crippen molar-refractivity contribution in [2.24, 2.45) is 5.41 Å². The molecule has 0 aliphatic rings. The van der Waals surface area contributed by atoms with E-state index in [0.717, 1.165) is 11.3 Å². The summed E-state index contributed by atoms with van der Waals surface area (Å²) in [7, 11) is 0. The number of ether oxygens (including phenoxy) is 1. The summed E-state index contributed by atoms with van der Waals surface area (Å²) < 4.78 is 5.38. The predicted octanol–water partition coefficient (Wildman–Crippen LogP) is 2.34. The number of aromatic nitrogens is 2.